The predicted octanol–water partition coefficient (Wildman–Crippen LogP) is 2.31. The summed E-state index contributed by atoms with van der Waals surface area (Å²) in [5, 5.41) is 0. The van der Waals surface area contributed by atoms with Crippen molar-refractivity contribution in [3.8, 4) is 11.5 Å². The summed E-state index contributed by atoms with van der Waals surface area (Å²) in [5.41, 5.74) is 0.847. The van der Waals surface area contributed by atoms with Crippen LogP contribution in [0.1, 0.15) is 0 Å². The fourth-order valence-corrected chi connectivity index (χ4v) is 1.08. The molecule has 0 spiro atoms. The zero-order chi connectivity index (χ0) is 9.80. The lowest BCUT2D eigenvalue weighted by molar-refractivity contribution is 0.564. The second-order valence-corrected chi connectivity index (χ2v) is 2.58. The maximum absolute atomic E-state index is 9.95. The van der Waals surface area contributed by atoms with E-state index in [1.165, 1.54) is 12.3 Å². The Morgan fingerprint density at radius 1 is 1.29 bits per heavy atom. The van der Waals surface area contributed by atoms with Crippen molar-refractivity contribution in [3.05, 3.63) is 36.6 Å². The second kappa shape index (κ2) is 3.68. The minimum absolute atomic E-state index is 0.235. The lowest BCUT2D eigenvalue weighted by Crippen LogP contribution is -1.74. The van der Waals surface area contributed by atoms with Crippen molar-refractivity contribution in [3.63, 3.8) is 0 Å². The van der Waals surface area contributed by atoms with Crippen LogP contribution in [0.5, 0.6) is 0 Å². The van der Waals surface area contributed by atoms with Gasteiger partial charge in [0.1, 0.15) is 6.26 Å². The van der Waals surface area contributed by atoms with Crippen molar-refractivity contribution in [2.75, 3.05) is 0 Å². The Hall–Kier alpha value is -2.19. The van der Waals surface area contributed by atoms with Crippen molar-refractivity contribution < 1.29 is 9.21 Å². The monoisotopic (exact) mass is 186 g/mol. The van der Waals surface area contributed by atoms with Crippen LogP contribution in [0.15, 0.2) is 46.0 Å². The summed E-state index contributed by atoms with van der Waals surface area (Å²) in [7, 11) is 0. The topological polar surface area (TPSA) is 55.5 Å². The number of isocyanates is 1. The van der Waals surface area contributed by atoms with Gasteiger partial charge < -0.3 is 4.42 Å². The first-order chi connectivity index (χ1) is 6.90. The molecule has 4 heteroatoms. The van der Waals surface area contributed by atoms with Crippen molar-refractivity contribution in [2.45, 2.75) is 0 Å². The molecule has 0 saturated heterocycles. The molecule has 1 heterocycles. The van der Waals surface area contributed by atoms with E-state index in [2.05, 4.69) is 9.98 Å². The highest BCUT2D eigenvalue weighted by Crippen LogP contribution is 2.20. The predicted molar refractivity (Wildman–Crippen MR) is 49.7 cm³/mol. The average Bonchev–Trinajstić information content (AvgIpc) is 2.68. The molecule has 0 amide bonds. The summed E-state index contributed by atoms with van der Waals surface area (Å²) in [4.78, 5) is 17.3. The van der Waals surface area contributed by atoms with Gasteiger partial charge in [-0.15, -0.1) is 4.99 Å². The molecule has 0 radical (unpaired) electrons. The fourth-order valence-electron chi connectivity index (χ4n) is 1.08. The van der Waals surface area contributed by atoms with Crippen LogP contribution in [0, 0.1) is 0 Å². The molecule has 0 atom stereocenters. The van der Waals surface area contributed by atoms with E-state index < -0.39 is 0 Å². The van der Waals surface area contributed by atoms with Gasteiger partial charge in [0.15, 0.2) is 0 Å². The Labute approximate surface area is 79.9 Å². The van der Waals surface area contributed by atoms with Gasteiger partial charge in [-0.05, 0) is 12.1 Å². The van der Waals surface area contributed by atoms with Gasteiger partial charge in [0.05, 0.1) is 0 Å². The second-order valence-electron chi connectivity index (χ2n) is 2.58. The van der Waals surface area contributed by atoms with Gasteiger partial charge in [-0.3, -0.25) is 0 Å². The molecule has 0 aliphatic rings. The number of nitrogens with zero attached hydrogens (tertiary/aromatic N) is 2. The van der Waals surface area contributed by atoms with Crippen LogP contribution in [0.2, 0.25) is 0 Å². The summed E-state index contributed by atoms with van der Waals surface area (Å²) in [5.74, 6) is 0.679. The summed E-state index contributed by atoms with van der Waals surface area (Å²) in [6.07, 6.45) is 2.71. The lowest BCUT2D eigenvalue weighted by Gasteiger charge is -1.91. The average molecular weight is 186 g/mol. The molecule has 4 nitrogen and oxygen atoms in total. The highest BCUT2D eigenvalue weighted by Gasteiger charge is 2.04. The first-order valence-corrected chi connectivity index (χ1v) is 3.99. The molecule has 0 unspecified atom stereocenters. The molecule has 0 aliphatic heterocycles. The number of carbonyl (C=O) groups excluding carboxylic acids is 1. The van der Waals surface area contributed by atoms with E-state index in [-0.39, 0.29) is 5.82 Å². The largest absolute Gasteiger partial charge is 0.442 e. The zero-order valence-electron chi connectivity index (χ0n) is 7.18. The smallest absolute Gasteiger partial charge is 0.242 e. The molecular formula is C10H6N2O2. The molecule has 14 heavy (non-hydrogen) atoms. The zero-order valence-corrected chi connectivity index (χ0v) is 7.18. The van der Waals surface area contributed by atoms with Crippen LogP contribution in [0.3, 0.4) is 0 Å². The molecule has 0 bridgehead atoms. The first kappa shape index (κ1) is 8.41. The van der Waals surface area contributed by atoms with E-state index in [1.54, 1.807) is 0 Å². The maximum atomic E-state index is 9.95. The summed E-state index contributed by atoms with van der Waals surface area (Å²) in [6.45, 7) is 0. The van der Waals surface area contributed by atoms with E-state index in [9.17, 15) is 4.79 Å². The Kier molecular flexibility index (Phi) is 2.21. The fraction of sp³-hybridized carbons (Fsp3) is 0. The Morgan fingerprint density at radius 3 is 2.79 bits per heavy atom. The molecule has 0 N–H and O–H groups in total. The molecule has 1 aromatic heterocycles. The molecule has 0 fully saturated rings. The number of aromatic nitrogens is 1. The van der Waals surface area contributed by atoms with E-state index in [0.717, 1.165) is 5.56 Å². The first-order valence-electron chi connectivity index (χ1n) is 3.99. The standard InChI is InChI=1S/C10H6N2O2/c13-7-11-9-6-14-10(12-9)8-4-2-1-3-5-8/h1-6H. The number of hydrogen-bond donors (Lipinski definition) is 0. The summed E-state index contributed by atoms with van der Waals surface area (Å²) >= 11 is 0. The summed E-state index contributed by atoms with van der Waals surface area (Å²) < 4.78 is 5.12. The number of rotatable bonds is 2. The van der Waals surface area contributed by atoms with E-state index in [4.69, 9.17) is 4.42 Å². The summed E-state index contributed by atoms with van der Waals surface area (Å²) in [6, 6.07) is 9.38. The van der Waals surface area contributed by atoms with Crippen LogP contribution < -0.4 is 0 Å². The molecule has 68 valence electrons. The third-order valence-electron chi connectivity index (χ3n) is 1.67. The van der Waals surface area contributed by atoms with Crippen molar-refractivity contribution >= 4 is 11.9 Å². The molecular weight excluding hydrogens is 180 g/mol. The van der Waals surface area contributed by atoms with Crippen LogP contribution in [0.4, 0.5) is 5.82 Å². The minimum atomic E-state index is 0.235. The van der Waals surface area contributed by atoms with E-state index in [0.29, 0.717) is 5.89 Å². The molecule has 0 aliphatic carbocycles. The van der Waals surface area contributed by atoms with Gasteiger partial charge in [-0.2, -0.15) is 4.98 Å². The highest BCUT2D eigenvalue weighted by atomic mass is 16.3. The molecule has 0 saturated carbocycles. The third-order valence-corrected chi connectivity index (χ3v) is 1.67. The van der Waals surface area contributed by atoms with Crippen LogP contribution in [-0.2, 0) is 4.79 Å². The Bertz CT molecular complexity index is 470. The van der Waals surface area contributed by atoms with Crippen LogP contribution in [0.25, 0.3) is 11.5 Å². The normalized spacial score (nSPS) is 9.43. The van der Waals surface area contributed by atoms with E-state index in [1.807, 2.05) is 30.3 Å². The van der Waals surface area contributed by atoms with Gasteiger partial charge in [0, 0.05) is 5.56 Å². The lowest BCUT2D eigenvalue weighted by atomic mass is 10.2. The highest BCUT2D eigenvalue weighted by molar-refractivity contribution is 5.55. The van der Waals surface area contributed by atoms with E-state index >= 15 is 0 Å². The number of benzene rings is 1. The molecule has 2 aromatic rings. The van der Waals surface area contributed by atoms with Crippen LogP contribution >= 0.6 is 0 Å². The van der Waals surface area contributed by atoms with Gasteiger partial charge >= 0.3 is 0 Å². The van der Waals surface area contributed by atoms with Gasteiger partial charge in [-0.1, -0.05) is 18.2 Å². The Morgan fingerprint density at radius 2 is 2.07 bits per heavy atom. The molecule has 1 aromatic carbocycles. The van der Waals surface area contributed by atoms with Gasteiger partial charge in [0.25, 0.3) is 0 Å². The van der Waals surface area contributed by atoms with Gasteiger partial charge in [0.2, 0.25) is 17.8 Å². The van der Waals surface area contributed by atoms with Crippen molar-refractivity contribution in [1.82, 2.24) is 4.98 Å². The maximum Gasteiger partial charge on any atom is 0.242 e. The SMILES string of the molecule is O=C=Nc1coc(-c2ccccc2)n1. The van der Waals surface area contributed by atoms with Crippen molar-refractivity contribution in [1.29, 1.82) is 0 Å². The quantitative estimate of drug-likeness (QED) is 0.534. The number of aliphatic imine (C=N–C) groups is 1. The van der Waals surface area contributed by atoms with Crippen molar-refractivity contribution in [2.24, 2.45) is 4.99 Å². The minimum Gasteiger partial charge on any atom is -0.442 e. The molecule has 2 rings (SSSR count). The van der Waals surface area contributed by atoms with Gasteiger partial charge in [-0.25, -0.2) is 4.79 Å². The van der Waals surface area contributed by atoms with Crippen LogP contribution in [-0.4, -0.2) is 11.1 Å². The third kappa shape index (κ3) is 1.60. The number of oxazole rings is 1. The number of hydrogen-bond acceptors (Lipinski definition) is 4. The Balaban J connectivity index is 2.39.